The lowest BCUT2D eigenvalue weighted by molar-refractivity contribution is 1.08. The Bertz CT molecular complexity index is 312. The zero-order chi connectivity index (χ0) is 7.52. The summed E-state index contributed by atoms with van der Waals surface area (Å²) in [5, 5.41) is 6.39. The Kier molecular flexibility index (Phi) is 1.41. The first kappa shape index (κ1) is 6.09. The molecule has 0 aromatic carbocycles. The number of nitrogens with one attached hydrogen (secondary N) is 1. The molecule has 2 aromatic heterocycles. The van der Waals surface area contributed by atoms with Crippen molar-refractivity contribution in [1.82, 2.24) is 15.2 Å². The van der Waals surface area contributed by atoms with Crippen molar-refractivity contribution in [3.05, 3.63) is 36.8 Å². The number of pyridine rings is 1. The minimum atomic E-state index is 0.890. The van der Waals surface area contributed by atoms with Crippen molar-refractivity contribution in [3.63, 3.8) is 0 Å². The van der Waals surface area contributed by atoms with E-state index in [1.54, 1.807) is 12.4 Å². The topological polar surface area (TPSA) is 41.6 Å². The Morgan fingerprint density at radius 1 is 1.36 bits per heavy atom. The second kappa shape index (κ2) is 2.54. The lowest BCUT2D eigenvalue weighted by Crippen LogP contribution is -1.77. The molecule has 0 aliphatic carbocycles. The molecule has 0 amide bonds. The SMILES string of the molecule is [c]1n[nH]cc1-c1ccccn1. The van der Waals surface area contributed by atoms with Crippen LogP contribution in [-0.2, 0) is 0 Å². The molecule has 0 aliphatic heterocycles. The van der Waals surface area contributed by atoms with Gasteiger partial charge in [-0.25, -0.2) is 0 Å². The summed E-state index contributed by atoms with van der Waals surface area (Å²) in [4.78, 5) is 4.13. The summed E-state index contributed by atoms with van der Waals surface area (Å²) in [6.45, 7) is 0. The second-order valence-corrected chi connectivity index (χ2v) is 2.13. The van der Waals surface area contributed by atoms with E-state index in [4.69, 9.17) is 0 Å². The van der Waals surface area contributed by atoms with Gasteiger partial charge in [-0.15, -0.1) is 0 Å². The van der Waals surface area contributed by atoms with E-state index in [9.17, 15) is 0 Å². The fourth-order valence-corrected chi connectivity index (χ4v) is 0.875. The number of aromatic amines is 1. The summed E-state index contributed by atoms with van der Waals surface area (Å²) in [5.74, 6) is 0. The fourth-order valence-electron chi connectivity index (χ4n) is 0.875. The van der Waals surface area contributed by atoms with Crippen LogP contribution in [0, 0.1) is 6.20 Å². The summed E-state index contributed by atoms with van der Waals surface area (Å²) in [6, 6.07) is 5.73. The van der Waals surface area contributed by atoms with Crippen LogP contribution in [0.15, 0.2) is 30.6 Å². The van der Waals surface area contributed by atoms with E-state index in [1.807, 2.05) is 18.2 Å². The first-order valence-electron chi connectivity index (χ1n) is 3.30. The molecular weight excluding hydrogens is 138 g/mol. The number of rotatable bonds is 1. The minimum Gasteiger partial charge on any atom is -0.284 e. The predicted octanol–water partition coefficient (Wildman–Crippen LogP) is 1.27. The quantitative estimate of drug-likeness (QED) is 0.654. The molecular formula is C8H6N3. The maximum absolute atomic E-state index is 4.13. The average molecular weight is 144 g/mol. The zero-order valence-electron chi connectivity index (χ0n) is 5.78. The normalized spacial score (nSPS) is 9.82. The van der Waals surface area contributed by atoms with Gasteiger partial charge in [-0.2, -0.15) is 5.10 Å². The van der Waals surface area contributed by atoms with Crippen LogP contribution in [0.5, 0.6) is 0 Å². The summed E-state index contributed by atoms with van der Waals surface area (Å²) in [6.07, 6.45) is 6.30. The van der Waals surface area contributed by atoms with Crippen molar-refractivity contribution in [2.45, 2.75) is 0 Å². The number of hydrogen-bond acceptors (Lipinski definition) is 2. The molecule has 11 heavy (non-hydrogen) atoms. The van der Waals surface area contributed by atoms with E-state index >= 15 is 0 Å². The summed E-state index contributed by atoms with van der Waals surface area (Å²) >= 11 is 0. The summed E-state index contributed by atoms with van der Waals surface area (Å²) < 4.78 is 0. The van der Waals surface area contributed by atoms with Gasteiger partial charge in [0.25, 0.3) is 0 Å². The Morgan fingerprint density at radius 3 is 3.00 bits per heavy atom. The third-order valence-corrected chi connectivity index (χ3v) is 1.39. The number of aromatic nitrogens is 3. The van der Waals surface area contributed by atoms with Gasteiger partial charge >= 0.3 is 0 Å². The van der Waals surface area contributed by atoms with Gasteiger partial charge in [-0.05, 0) is 12.1 Å². The van der Waals surface area contributed by atoms with Gasteiger partial charge in [0.05, 0.1) is 5.69 Å². The van der Waals surface area contributed by atoms with Gasteiger partial charge < -0.3 is 0 Å². The van der Waals surface area contributed by atoms with E-state index in [0.717, 1.165) is 11.3 Å². The maximum Gasteiger partial charge on any atom is 0.122 e. The van der Waals surface area contributed by atoms with E-state index < -0.39 is 0 Å². The Morgan fingerprint density at radius 2 is 2.36 bits per heavy atom. The fraction of sp³-hybridized carbons (Fsp3) is 0. The number of nitrogens with zero attached hydrogens (tertiary/aromatic N) is 2. The lowest BCUT2D eigenvalue weighted by Gasteiger charge is -1.90. The molecule has 2 rings (SSSR count). The van der Waals surface area contributed by atoms with Crippen molar-refractivity contribution in [1.29, 1.82) is 0 Å². The van der Waals surface area contributed by atoms with Crippen LogP contribution in [0.2, 0.25) is 0 Å². The molecule has 0 spiro atoms. The average Bonchev–Trinajstić information content (AvgIpc) is 2.58. The van der Waals surface area contributed by atoms with Crippen LogP contribution < -0.4 is 0 Å². The molecule has 0 aliphatic rings. The molecule has 53 valence electrons. The van der Waals surface area contributed by atoms with Gasteiger partial charge in [0.15, 0.2) is 0 Å². The molecule has 0 unspecified atom stereocenters. The number of hydrogen-bond donors (Lipinski definition) is 1. The van der Waals surface area contributed by atoms with Gasteiger partial charge in [0.1, 0.15) is 6.20 Å². The predicted molar refractivity (Wildman–Crippen MR) is 40.7 cm³/mol. The summed E-state index contributed by atoms with van der Waals surface area (Å²) in [7, 11) is 0. The second-order valence-electron chi connectivity index (χ2n) is 2.13. The standard InChI is InChI=1S/C8H6N3/c1-2-4-9-8(3-1)7-5-10-11-6-7/h1-5H,(H,10,11). The first-order valence-corrected chi connectivity index (χ1v) is 3.30. The highest BCUT2D eigenvalue weighted by molar-refractivity contribution is 5.55. The van der Waals surface area contributed by atoms with Crippen LogP contribution in [0.3, 0.4) is 0 Å². The third kappa shape index (κ3) is 1.12. The molecule has 0 fully saturated rings. The van der Waals surface area contributed by atoms with Gasteiger partial charge in [-0.1, -0.05) is 6.07 Å². The van der Waals surface area contributed by atoms with Gasteiger partial charge in [-0.3, -0.25) is 10.1 Å². The highest BCUT2D eigenvalue weighted by atomic mass is 15.1. The van der Waals surface area contributed by atoms with Crippen LogP contribution >= 0.6 is 0 Å². The highest BCUT2D eigenvalue weighted by Gasteiger charge is 1.97. The van der Waals surface area contributed by atoms with Crippen molar-refractivity contribution < 1.29 is 0 Å². The van der Waals surface area contributed by atoms with Crippen LogP contribution in [0.1, 0.15) is 0 Å². The monoisotopic (exact) mass is 144 g/mol. The van der Waals surface area contributed by atoms with E-state index in [1.165, 1.54) is 0 Å². The van der Waals surface area contributed by atoms with Crippen LogP contribution in [-0.4, -0.2) is 15.2 Å². The maximum atomic E-state index is 4.13. The van der Waals surface area contributed by atoms with Crippen molar-refractivity contribution >= 4 is 0 Å². The molecule has 0 atom stereocenters. The molecule has 0 saturated heterocycles. The molecule has 1 N–H and O–H groups in total. The molecule has 2 aromatic rings. The molecule has 0 saturated carbocycles. The molecule has 3 nitrogen and oxygen atoms in total. The Hall–Kier alpha value is -1.64. The molecule has 1 radical (unpaired) electrons. The number of H-pyrrole nitrogens is 1. The Labute approximate surface area is 64.1 Å². The van der Waals surface area contributed by atoms with Crippen molar-refractivity contribution in [2.75, 3.05) is 0 Å². The van der Waals surface area contributed by atoms with E-state index in [2.05, 4.69) is 21.4 Å². The largest absolute Gasteiger partial charge is 0.284 e. The van der Waals surface area contributed by atoms with E-state index in [0.29, 0.717) is 0 Å². The van der Waals surface area contributed by atoms with Crippen LogP contribution in [0.4, 0.5) is 0 Å². The van der Waals surface area contributed by atoms with Crippen LogP contribution in [0.25, 0.3) is 11.3 Å². The van der Waals surface area contributed by atoms with Gasteiger partial charge in [0.2, 0.25) is 0 Å². The molecule has 2 heterocycles. The Balaban J connectivity index is 2.46. The first-order chi connectivity index (χ1) is 5.47. The smallest absolute Gasteiger partial charge is 0.122 e. The molecule has 0 bridgehead atoms. The molecule has 3 heteroatoms. The highest BCUT2D eigenvalue weighted by Crippen LogP contribution is 2.11. The van der Waals surface area contributed by atoms with Crippen molar-refractivity contribution in [3.8, 4) is 11.3 Å². The lowest BCUT2D eigenvalue weighted by atomic mass is 10.2. The van der Waals surface area contributed by atoms with Gasteiger partial charge in [0, 0.05) is 18.0 Å². The zero-order valence-corrected chi connectivity index (χ0v) is 5.78. The van der Waals surface area contributed by atoms with E-state index in [-0.39, 0.29) is 0 Å². The minimum absolute atomic E-state index is 0.890. The van der Waals surface area contributed by atoms with Crippen molar-refractivity contribution in [2.24, 2.45) is 0 Å². The summed E-state index contributed by atoms with van der Waals surface area (Å²) in [5.41, 5.74) is 1.78. The third-order valence-electron chi connectivity index (χ3n) is 1.39.